The van der Waals surface area contributed by atoms with Gasteiger partial charge in [-0.2, -0.15) is 22.0 Å². The van der Waals surface area contributed by atoms with Crippen LogP contribution in [0.3, 0.4) is 0 Å². The monoisotopic (exact) mass is 261 g/mol. The summed E-state index contributed by atoms with van der Waals surface area (Å²) in [5, 5.41) is 9.94. The third-order valence-corrected chi connectivity index (χ3v) is 2.54. The summed E-state index contributed by atoms with van der Waals surface area (Å²) >= 11 is 0. The molecular formula is C8H8F5NO3. The minimum Gasteiger partial charge on any atom is -0.481 e. The van der Waals surface area contributed by atoms with Crippen LogP contribution < -0.4 is 5.32 Å². The number of halogens is 5. The maximum Gasteiger partial charge on any atom is 0.463 e. The lowest BCUT2D eigenvalue weighted by Gasteiger charge is -2.19. The fraction of sp³-hybridized carbons (Fsp3) is 0.750. The molecule has 17 heavy (non-hydrogen) atoms. The zero-order valence-electron chi connectivity index (χ0n) is 8.27. The first-order valence-corrected chi connectivity index (χ1v) is 4.49. The molecule has 0 aromatic heterocycles. The summed E-state index contributed by atoms with van der Waals surface area (Å²) in [5.41, 5.74) is -1.39. The molecule has 98 valence electrons. The van der Waals surface area contributed by atoms with Gasteiger partial charge < -0.3 is 10.4 Å². The second-order valence-electron chi connectivity index (χ2n) is 3.84. The highest BCUT2D eigenvalue weighted by molar-refractivity contribution is 5.85. The van der Waals surface area contributed by atoms with E-state index in [0.29, 0.717) is 0 Å². The SMILES string of the molecule is O=C(O)C1(CNC(=O)C(F)(F)C(F)(F)F)CC1. The summed E-state index contributed by atoms with van der Waals surface area (Å²) in [5.74, 6) is -9.37. The Bertz CT molecular complexity index is 348. The molecule has 0 aliphatic heterocycles. The minimum absolute atomic E-state index is 0.139. The molecule has 0 atom stereocenters. The van der Waals surface area contributed by atoms with E-state index in [4.69, 9.17) is 5.11 Å². The lowest BCUT2D eigenvalue weighted by Crippen LogP contribution is -2.51. The van der Waals surface area contributed by atoms with E-state index >= 15 is 0 Å². The van der Waals surface area contributed by atoms with Crippen LogP contribution in [0, 0.1) is 5.41 Å². The first kappa shape index (κ1) is 13.7. The van der Waals surface area contributed by atoms with Crippen molar-refractivity contribution in [3.05, 3.63) is 0 Å². The van der Waals surface area contributed by atoms with Gasteiger partial charge in [-0.15, -0.1) is 0 Å². The highest BCUT2D eigenvalue weighted by Gasteiger charge is 2.64. The van der Waals surface area contributed by atoms with Crippen LogP contribution in [0.15, 0.2) is 0 Å². The Morgan fingerprint density at radius 3 is 1.94 bits per heavy atom. The van der Waals surface area contributed by atoms with Crippen molar-refractivity contribution in [2.24, 2.45) is 5.41 Å². The molecule has 0 heterocycles. The quantitative estimate of drug-likeness (QED) is 0.746. The number of rotatable bonds is 4. The van der Waals surface area contributed by atoms with Gasteiger partial charge in [-0.25, -0.2) is 0 Å². The van der Waals surface area contributed by atoms with Gasteiger partial charge in [0, 0.05) is 6.54 Å². The normalized spacial score (nSPS) is 18.6. The molecule has 0 aromatic rings. The van der Waals surface area contributed by atoms with E-state index < -0.39 is 35.9 Å². The van der Waals surface area contributed by atoms with Crippen LogP contribution in [0.1, 0.15) is 12.8 Å². The largest absolute Gasteiger partial charge is 0.481 e. The first-order chi connectivity index (χ1) is 7.53. The number of alkyl halides is 5. The predicted octanol–water partition coefficient (Wildman–Crippen LogP) is 1.17. The minimum atomic E-state index is -5.99. The van der Waals surface area contributed by atoms with E-state index in [-0.39, 0.29) is 12.8 Å². The number of hydrogen-bond acceptors (Lipinski definition) is 2. The maximum atomic E-state index is 12.4. The standard InChI is InChI=1S/C8H8F5NO3/c9-7(10,8(11,12)13)4(15)14-3-6(1-2-6)5(16)17/h1-3H2,(H,14,15)(H,16,17). The van der Waals surface area contributed by atoms with Crippen LogP contribution in [0.5, 0.6) is 0 Å². The van der Waals surface area contributed by atoms with E-state index in [2.05, 4.69) is 0 Å². The molecule has 1 amide bonds. The topological polar surface area (TPSA) is 66.4 Å². The van der Waals surface area contributed by atoms with E-state index in [1.807, 2.05) is 0 Å². The first-order valence-electron chi connectivity index (χ1n) is 4.49. The van der Waals surface area contributed by atoms with E-state index in [1.54, 1.807) is 0 Å². The summed E-state index contributed by atoms with van der Waals surface area (Å²) in [7, 11) is 0. The van der Waals surface area contributed by atoms with Gasteiger partial charge >= 0.3 is 18.1 Å². The second kappa shape index (κ2) is 3.81. The molecule has 4 nitrogen and oxygen atoms in total. The van der Waals surface area contributed by atoms with Gasteiger partial charge in [-0.05, 0) is 12.8 Å². The molecule has 2 N–H and O–H groups in total. The molecule has 0 bridgehead atoms. The number of carbonyl (C=O) groups excluding carboxylic acids is 1. The van der Waals surface area contributed by atoms with Crippen molar-refractivity contribution < 1.29 is 36.6 Å². The van der Waals surface area contributed by atoms with Crippen molar-refractivity contribution in [2.45, 2.75) is 24.9 Å². The van der Waals surface area contributed by atoms with Gasteiger partial charge in [0.15, 0.2) is 0 Å². The fourth-order valence-electron chi connectivity index (χ4n) is 1.11. The van der Waals surface area contributed by atoms with Crippen molar-refractivity contribution in [2.75, 3.05) is 6.54 Å². The number of carboxylic acids is 1. The summed E-state index contributed by atoms with van der Waals surface area (Å²) < 4.78 is 60.1. The summed E-state index contributed by atoms with van der Waals surface area (Å²) in [6, 6.07) is 0. The molecule has 0 aromatic carbocycles. The number of aliphatic carboxylic acids is 1. The maximum absolute atomic E-state index is 12.4. The lowest BCUT2D eigenvalue weighted by atomic mass is 10.1. The Balaban J connectivity index is 2.60. The van der Waals surface area contributed by atoms with Crippen LogP contribution in [0.2, 0.25) is 0 Å². The molecule has 0 unspecified atom stereocenters. The number of carboxylic acid groups (broad SMARTS) is 1. The van der Waals surface area contributed by atoms with Gasteiger partial charge in [-0.1, -0.05) is 0 Å². The van der Waals surface area contributed by atoms with Crippen molar-refractivity contribution in [3.63, 3.8) is 0 Å². The van der Waals surface area contributed by atoms with Gasteiger partial charge in [0.25, 0.3) is 5.91 Å². The van der Waals surface area contributed by atoms with Crippen LogP contribution in [-0.4, -0.2) is 35.6 Å². The molecule has 1 fully saturated rings. The van der Waals surface area contributed by atoms with Crippen molar-refractivity contribution >= 4 is 11.9 Å². The predicted molar refractivity (Wildman–Crippen MR) is 43.3 cm³/mol. The zero-order chi connectivity index (χ0) is 13.5. The Kier molecular flexibility index (Phi) is 3.06. The molecule has 1 aliphatic rings. The molecular weight excluding hydrogens is 253 g/mol. The van der Waals surface area contributed by atoms with Crippen LogP contribution >= 0.6 is 0 Å². The number of hydrogen-bond donors (Lipinski definition) is 2. The van der Waals surface area contributed by atoms with E-state index in [1.165, 1.54) is 5.32 Å². The highest BCUT2D eigenvalue weighted by Crippen LogP contribution is 2.45. The summed E-state index contributed by atoms with van der Waals surface area (Å²) in [4.78, 5) is 21.2. The smallest absolute Gasteiger partial charge is 0.463 e. The number of amides is 1. The average Bonchev–Trinajstić information content (AvgIpc) is 2.93. The molecule has 0 saturated heterocycles. The lowest BCUT2D eigenvalue weighted by molar-refractivity contribution is -0.269. The number of carbonyl (C=O) groups is 2. The molecule has 1 aliphatic carbocycles. The van der Waals surface area contributed by atoms with Gasteiger partial charge in [-0.3, -0.25) is 9.59 Å². The Hall–Kier alpha value is -1.41. The average molecular weight is 261 g/mol. The Labute approximate surface area is 91.8 Å². The zero-order valence-corrected chi connectivity index (χ0v) is 8.27. The van der Waals surface area contributed by atoms with E-state index in [9.17, 15) is 31.5 Å². The van der Waals surface area contributed by atoms with Gasteiger partial charge in [0.05, 0.1) is 5.41 Å². The van der Waals surface area contributed by atoms with Crippen LogP contribution in [0.25, 0.3) is 0 Å². The highest BCUT2D eigenvalue weighted by atomic mass is 19.4. The van der Waals surface area contributed by atoms with Crippen LogP contribution in [-0.2, 0) is 9.59 Å². The Morgan fingerprint density at radius 2 is 1.65 bits per heavy atom. The molecule has 0 radical (unpaired) electrons. The van der Waals surface area contributed by atoms with Crippen molar-refractivity contribution in [3.8, 4) is 0 Å². The van der Waals surface area contributed by atoms with Crippen molar-refractivity contribution in [1.82, 2.24) is 5.32 Å². The summed E-state index contributed by atoms with van der Waals surface area (Å²) in [6.07, 6.45) is -5.71. The third-order valence-electron chi connectivity index (χ3n) is 2.54. The fourth-order valence-corrected chi connectivity index (χ4v) is 1.11. The number of nitrogens with one attached hydrogen (secondary N) is 1. The van der Waals surface area contributed by atoms with E-state index in [0.717, 1.165) is 0 Å². The molecule has 9 heteroatoms. The Morgan fingerprint density at radius 1 is 1.18 bits per heavy atom. The summed E-state index contributed by atoms with van der Waals surface area (Å²) in [6.45, 7) is -0.729. The van der Waals surface area contributed by atoms with Crippen LogP contribution in [0.4, 0.5) is 22.0 Å². The van der Waals surface area contributed by atoms with Gasteiger partial charge in [0.1, 0.15) is 0 Å². The van der Waals surface area contributed by atoms with Gasteiger partial charge in [0.2, 0.25) is 0 Å². The third kappa shape index (κ3) is 2.47. The molecule has 1 rings (SSSR count). The molecule has 0 spiro atoms. The molecule has 1 saturated carbocycles. The second-order valence-corrected chi connectivity index (χ2v) is 3.84. The van der Waals surface area contributed by atoms with Crippen molar-refractivity contribution in [1.29, 1.82) is 0 Å².